The normalized spacial score (nSPS) is 14.8. The Morgan fingerprint density at radius 1 is 1.18 bits per heavy atom. The van der Waals surface area contributed by atoms with Crippen LogP contribution >= 0.6 is 0 Å². The van der Waals surface area contributed by atoms with Gasteiger partial charge in [0, 0.05) is 31.8 Å². The van der Waals surface area contributed by atoms with Gasteiger partial charge >= 0.3 is 18.0 Å². The van der Waals surface area contributed by atoms with Crippen molar-refractivity contribution < 1.29 is 38.3 Å². The summed E-state index contributed by atoms with van der Waals surface area (Å²) in [4.78, 5) is 48.4. The van der Waals surface area contributed by atoms with Crippen LogP contribution in [0.2, 0.25) is 0 Å². The summed E-state index contributed by atoms with van der Waals surface area (Å²) in [7, 11) is 1.44. The van der Waals surface area contributed by atoms with E-state index in [1.54, 1.807) is 6.07 Å². The minimum absolute atomic E-state index is 0.0615. The Bertz CT molecular complexity index is 878. The number of para-hydroxylation sites is 1. The lowest BCUT2D eigenvalue weighted by molar-refractivity contribution is -0.385. The van der Waals surface area contributed by atoms with Gasteiger partial charge in [0.05, 0.1) is 23.0 Å². The summed E-state index contributed by atoms with van der Waals surface area (Å²) in [6.45, 7) is 5.24. The van der Waals surface area contributed by atoms with E-state index in [1.165, 1.54) is 37.1 Å². The number of esters is 2. The maximum atomic E-state index is 12.5. The van der Waals surface area contributed by atoms with Gasteiger partial charge in [-0.2, -0.15) is 0 Å². The highest BCUT2D eigenvalue weighted by Gasteiger charge is 2.31. The quantitative estimate of drug-likeness (QED) is 0.168. The Hall–Kier alpha value is -3.47. The van der Waals surface area contributed by atoms with Crippen LogP contribution in [0.5, 0.6) is 0 Å². The molecule has 1 saturated heterocycles. The van der Waals surface area contributed by atoms with E-state index in [2.05, 4.69) is 6.58 Å². The summed E-state index contributed by atoms with van der Waals surface area (Å²) in [5.74, 6) is -1.48. The van der Waals surface area contributed by atoms with Crippen molar-refractivity contribution >= 4 is 23.7 Å². The third-order valence-corrected chi connectivity index (χ3v) is 5.01. The predicted octanol–water partition coefficient (Wildman–Crippen LogP) is 2.62. The summed E-state index contributed by atoms with van der Waals surface area (Å²) in [5, 5.41) is 11.1. The van der Waals surface area contributed by atoms with Gasteiger partial charge in [-0.05, 0) is 25.8 Å². The molecule has 1 heterocycles. The van der Waals surface area contributed by atoms with Gasteiger partial charge in [0.1, 0.15) is 13.2 Å². The largest absolute Gasteiger partial charge is 0.458 e. The number of benzene rings is 1. The molecule has 1 amide bonds. The number of ether oxygens (including phenoxy) is 4. The van der Waals surface area contributed by atoms with Crippen LogP contribution in [-0.2, 0) is 35.1 Å². The van der Waals surface area contributed by atoms with Crippen LogP contribution in [0.15, 0.2) is 36.4 Å². The van der Waals surface area contributed by atoms with Crippen molar-refractivity contribution in [2.75, 3.05) is 33.4 Å². The van der Waals surface area contributed by atoms with Gasteiger partial charge < -0.3 is 23.8 Å². The molecular weight excluding hydrogens is 436 g/mol. The second-order valence-electron chi connectivity index (χ2n) is 7.59. The highest BCUT2D eigenvalue weighted by Crippen LogP contribution is 2.22. The molecule has 1 unspecified atom stereocenters. The second kappa shape index (κ2) is 12.5. The standard InChI is InChI=1S/C22H28N2O9/c1-15(2)20(25)31-14-18(13-30-3)33-21(26)16-8-10-23(11-9-16)22(27)32-12-17-6-4-5-7-19(17)24(28)29/h4-7,16,18H,1,8-14H2,2-3H3. The van der Waals surface area contributed by atoms with Crippen molar-refractivity contribution in [3.05, 3.63) is 52.1 Å². The highest BCUT2D eigenvalue weighted by molar-refractivity contribution is 5.86. The summed E-state index contributed by atoms with van der Waals surface area (Å²) >= 11 is 0. The van der Waals surface area contributed by atoms with E-state index in [0.717, 1.165) is 0 Å². The Labute approximate surface area is 191 Å². The zero-order valence-electron chi connectivity index (χ0n) is 18.7. The number of nitro benzene ring substituents is 1. The van der Waals surface area contributed by atoms with E-state index in [0.29, 0.717) is 18.4 Å². The van der Waals surface area contributed by atoms with Crippen LogP contribution in [-0.4, -0.2) is 67.4 Å². The van der Waals surface area contributed by atoms with Crippen LogP contribution in [0.25, 0.3) is 0 Å². The minimum atomic E-state index is -0.754. The first-order chi connectivity index (χ1) is 15.7. The number of hydrogen-bond acceptors (Lipinski definition) is 9. The molecule has 0 aliphatic carbocycles. The van der Waals surface area contributed by atoms with Gasteiger partial charge in [-0.25, -0.2) is 9.59 Å². The van der Waals surface area contributed by atoms with Crippen LogP contribution in [0, 0.1) is 16.0 Å². The molecule has 0 saturated carbocycles. The molecule has 33 heavy (non-hydrogen) atoms. The van der Waals surface area contributed by atoms with E-state index in [-0.39, 0.29) is 44.2 Å². The first kappa shape index (κ1) is 25.8. The number of carbonyl (C=O) groups excluding carboxylic acids is 3. The van der Waals surface area contributed by atoms with Gasteiger partial charge in [-0.3, -0.25) is 14.9 Å². The first-order valence-electron chi connectivity index (χ1n) is 10.4. The summed E-state index contributed by atoms with van der Waals surface area (Å²) < 4.78 is 20.7. The number of piperidine rings is 1. The molecule has 1 aliphatic heterocycles. The van der Waals surface area contributed by atoms with Crippen LogP contribution in [0.1, 0.15) is 25.3 Å². The van der Waals surface area contributed by atoms with Gasteiger partial charge in [0.2, 0.25) is 0 Å². The predicted molar refractivity (Wildman–Crippen MR) is 115 cm³/mol. The third-order valence-electron chi connectivity index (χ3n) is 5.01. The zero-order valence-corrected chi connectivity index (χ0v) is 18.7. The van der Waals surface area contributed by atoms with Gasteiger partial charge in [0.25, 0.3) is 5.69 Å². The molecule has 0 N–H and O–H groups in total. The molecule has 1 atom stereocenters. The maximum Gasteiger partial charge on any atom is 0.410 e. The molecular formula is C22H28N2O9. The number of methoxy groups -OCH3 is 1. The molecule has 1 fully saturated rings. The van der Waals surface area contributed by atoms with Crippen molar-refractivity contribution in [1.82, 2.24) is 4.90 Å². The number of amides is 1. The number of rotatable bonds is 10. The number of nitrogens with zero attached hydrogens (tertiary/aromatic N) is 2. The topological polar surface area (TPSA) is 135 Å². The molecule has 0 spiro atoms. The van der Waals surface area contributed by atoms with E-state index >= 15 is 0 Å². The third kappa shape index (κ3) is 7.86. The highest BCUT2D eigenvalue weighted by atomic mass is 16.6. The fourth-order valence-electron chi connectivity index (χ4n) is 3.19. The molecule has 1 aliphatic rings. The molecule has 11 nitrogen and oxygen atoms in total. The van der Waals surface area contributed by atoms with Crippen molar-refractivity contribution in [1.29, 1.82) is 0 Å². The molecule has 1 aromatic carbocycles. The smallest absolute Gasteiger partial charge is 0.410 e. The van der Waals surface area contributed by atoms with Gasteiger partial charge in [-0.1, -0.05) is 18.7 Å². The number of carbonyl (C=O) groups is 3. The summed E-state index contributed by atoms with van der Waals surface area (Å²) in [6, 6.07) is 6.03. The fourth-order valence-corrected chi connectivity index (χ4v) is 3.19. The van der Waals surface area contributed by atoms with Crippen molar-refractivity contribution in [3.8, 4) is 0 Å². The van der Waals surface area contributed by atoms with E-state index in [4.69, 9.17) is 18.9 Å². The maximum absolute atomic E-state index is 12.5. The van der Waals surface area contributed by atoms with Gasteiger partial charge in [0.15, 0.2) is 6.10 Å². The first-order valence-corrected chi connectivity index (χ1v) is 10.4. The summed E-state index contributed by atoms with van der Waals surface area (Å²) in [5.41, 5.74) is 0.413. The Morgan fingerprint density at radius 3 is 2.45 bits per heavy atom. The number of likely N-dealkylation sites (tertiary alicyclic amines) is 1. The van der Waals surface area contributed by atoms with Crippen LogP contribution < -0.4 is 0 Å². The molecule has 180 valence electrons. The lowest BCUT2D eigenvalue weighted by Gasteiger charge is -2.31. The van der Waals surface area contributed by atoms with Crippen LogP contribution in [0.4, 0.5) is 10.5 Å². The lowest BCUT2D eigenvalue weighted by Crippen LogP contribution is -2.42. The molecule has 1 aromatic rings. The van der Waals surface area contributed by atoms with Crippen molar-refractivity contribution in [2.24, 2.45) is 5.92 Å². The van der Waals surface area contributed by atoms with E-state index in [9.17, 15) is 24.5 Å². The lowest BCUT2D eigenvalue weighted by atomic mass is 9.97. The monoisotopic (exact) mass is 464 g/mol. The van der Waals surface area contributed by atoms with Crippen molar-refractivity contribution in [3.63, 3.8) is 0 Å². The Balaban J connectivity index is 1.81. The fraction of sp³-hybridized carbons (Fsp3) is 0.500. The Morgan fingerprint density at radius 2 is 1.85 bits per heavy atom. The van der Waals surface area contributed by atoms with Crippen LogP contribution in [0.3, 0.4) is 0 Å². The number of nitro groups is 1. The molecule has 2 rings (SSSR count). The van der Waals surface area contributed by atoms with Crippen molar-refractivity contribution in [2.45, 2.75) is 32.5 Å². The van der Waals surface area contributed by atoms with E-state index in [1.807, 2.05) is 0 Å². The average molecular weight is 464 g/mol. The summed E-state index contributed by atoms with van der Waals surface area (Å²) in [6.07, 6.45) is -0.630. The number of hydrogen-bond donors (Lipinski definition) is 0. The molecule has 0 radical (unpaired) electrons. The van der Waals surface area contributed by atoms with Gasteiger partial charge in [-0.15, -0.1) is 0 Å². The zero-order chi connectivity index (χ0) is 24.4. The molecule has 0 aromatic heterocycles. The Kier molecular flexibility index (Phi) is 9.80. The van der Waals surface area contributed by atoms with E-state index < -0.39 is 35.0 Å². The molecule has 0 bridgehead atoms. The average Bonchev–Trinajstić information content (AvgIpc) is 2.80. The second-order valence-corrected chi connectivity index (χ2v) is 7.59. The molecule has 11 heteroatoms. The minimum Gasteiger partial charge on any atom is -0.458 e. The SMILES string of the molecule is C=C(C)C(=O)OCC(COC)OC(=O)C1CCN(C(=O)OCc2ccccc2[N+](=O)[O-])CC1.